The normalized spacial score (nSPS) is 16.6. The van der Waals surface area contributed by atoms with E-state index in [1.807, 2.05) is 0 Å². The summed E-state index contributed by atoms with van der Waals surface area (Å²) in [6.45, 7) is 7.63. The molecule has 1 aromatic carbocycles. The van der Waals surface area contributed by atoms with E-state index in [-0.39, 0.29) is 35.9 Å². The van der Waals surface area contributed by atoms with Gasteiger partial charge >= 0.3 is 0 Å². The summed E-state index contributed by atoms with van der Waals surface area (Å²) in [5.41, 5.74) is 2.90. The van der Waals surface area contributed by atoms with E-state index in [4.69, 9.17) is 0 Å². The van der Waals surface area contributed by atoms with Crippen LogP contribution in [0.3, 0.4) is 0 Å². The summed E-state index contributed by atoms with van der Waals surface area (Å²) in [6.07, 6.45) is 1.55. The van der Waals surface area contributed by atoms with Crippen molar-refractivity contribution in [1.82, 2.24) is 9.88 Å². The van der Waals surface area contributed by atoms with Gasteiger partial charge in [0, 0.05) is 31.2 Å². The number of anilines is 1. The number of benzene rings is 1. The molecule has 6 nitrogen and oxygen atoms in total. The number of pyridine rings is 1. The summed E-state index contributed by atoms with van der Waals surface area (Å²) in [7, 11) is -3.00. The molecule has 1 saturated heterocycles. The molecule has 0 unspecified atom stereocenters. The second-order valence-electron chi connectivity index (χ2n) is 7.98. The summed E-state index contributed by atoms with van der Waals surface area (Å²) >= 11 is 0. The Labute approximate surface area is 166 Å². The lowest BCUT2D eigenvalue weighted by atomic mass is 9.84. The number of hydrogen-bond acceptors (Lipinski definition) is 5. The molecule has 1 N–H and O–H groups in total. The minimum Gasteiger partial charge on any atom is -0.369 e. The van der Waals surface area contributed by atoms with Crippen molar-refractivity contribution in [1.29, 1.82) is 0 Å². The minimum absolute atomic E-state index is 0.0276. The summed E-state index contributed by atoms with van der Waals surface area (Å²) in [6, 6.07) is 12.0. The van der Waals surface area contributed by atoms with Crippen LogP contribution in [0.1, 0.15) is 35.3 Å². The molecule has 1 fully saturated rings. The molecular formula is C21H27N3O3S. The third-order valence-corrected chi connectivity index (χ3v) is 6.76. The Morgan fingerprint density at radius 3 is 2.50 bits per heavy atom. The number of carbonyl (C=O) groups is 1. The fourth-order valence-electron chi connectivity index (χ4n) is 3.20. The van der Waals surface area contributed by atoms with Crippen molar-refractivity contribution in [2.75, 3.05) is 36.5 Å². The van der Waals surface area contributed by atoms with Crippen LogP contribution >= 0.6 is 0 Å². The van der Waals surface area contributed by atoms with E-state index >= 15 is 0 Å². The average molecular weight is 402 g/mol. The predicted molar refractivity (Wildman–Crippen MR) is 111 cm³/mol. The number of aromatic nitrogens is 1. The van der Waals surface area contributed by atoms with E-state index in [1.54, 1.807) is 23.2 Å². The molecule has 2 heterocycles. The van der Waals surface area contributed by atoms with Crippen molar-refractivity contribution < 1.29 is 13.2 Å². The zero-order chi connectivity index (χ0) is 20.4. The molecule has 1 aliphatic rings. The lowest BCUT2D eigenvalue weighted by Crippen LogP contribution is -2.43. The number of rotatable bonds is 5. The monoisotopic (exact) mass is 401 g/mol. The number of nitrogens with zero attached hydrogens (tertiary/aromatic N) is 2. The molecule has 1 aliphatic heterocycles. The topological polar surface area (TPSA) is 79.4 Å². The molecule has 3 rings (SSSR count). The molecule has 150 valence electrons. The molecular weight excluding hydrogens is 374 g/mol. The third kappa shape index (κ3) is 4.90. The quantitative estimate of drug-likeness (QED) is 0.833. The van der Waals surface area contributed by atoms with Gasteiger partial charge in [-0.05, 0) is 24.6 Å². The maximum absolute atomic E-state index is 12.5. The van der Waals surface area contributed by atoms with E-state index in [9.17, 15) is 13.2 Å². The van der Waals surface area contributed by atoms with Crippen molar-refractivity contribution in [3.63, 3.8) is 0 Å². The maximum atomic E-state index is 12.5. The van der Waals surface area contributed by atoms with E-state index in [1.165, 1.54) is 11.1 Å². The Morgan fingerprint density at radius 1 is 1.18 bits per heavy atom. The van der Waals surface area contributed by atoms with Crippen LogP contribution in [-0.4, -0.2) is 55.3 Å². The highest BCUT2D eigenvalue weighted by molar-refractivity contribution is 7.91. The minimum atomic E-state index is -3.00. The van der Waals surface area contributed by atoms with E-state index in [2.05, 4.69) is 55.3 Å². The summed E-state index contributed by atoms with van der Waals surface area (Å²) in [5.74, 6) is 0.590. The molecule has 28 heavy (non-hydrogen) atoms. The fourth-order valence-corrected chi connectivity index (χ4v) is 4.40. The van der Waals surface area contributed by atoms with Crippen molar-refractivity contribution in [2.24, 2.45) is 0 Å². The molecule has 7 heteroatoms. The lowest BCUT2D eigenvalue weighted by molar-refractivity contribution is 0.0770. The molecule has 0 bridgehead atoms. The van der Waals surface area contributed by atoms with Crippen molar-refractivity contribution in [3.8, 4) is 0 Å². The molecule has 2 aromatic rings. The predicted octanol–water partition coefficient (Wildman–Crippen LogP) is 2.65. The van der Waals surface area contributed by atoms with Gasteiger partial charge in [-0.2, -0.15) is 0 Å². The van der Waals surface area contributed by atoms with Crippen LogP contribution in [-0.2, 0) is 15.3 Å². The zero-order valence-electron chi connectivity index (χ0n) is 16.6. The van der Waals surface area contributed by atoms with Gasteiger partial charge in [0.25, 0.3) is 5.91 Å². The van der Waals surface area contributed by atoms with Gasteiger partial charge in [-0.25, -0.2) is 13.4 Å². The first kappa shape index (κ1) is 20.3. The highest BCUT2D eigenvalue weighted by Gasteiger charge is 2.26. The molecule has 0 spiro atoms. The van der Waals surface area contributed by atoms with Crippen molar-refractivity contribution >= 4 is 21.6 Å². The van der Waals surface area contributed by atoms with Gasteiger partial charge in [-0.15, -0.1) is 0 Å². The van der Waals surface area contributed by atoms with Gasteiger partial charge in [-0.1, -0.05) is 43.7 Å². The van der Waals surface area contributed by atoms with Gasteiger partial charge in [0.05, 0.1) is 17.1 Å². The molecule has 0 saturated carbocycles. The van der Waals surface area contributed by atoms with E-state index < -0.39 is 9.84 Å². The van der Waals surface area contributed by atoms with Crippen LogP contribution in [0.25, 0.3) is 0 Å². The number of amides is 1. The van der Waals surface area contributed by atoms with Crippen molar-refractivity contribution in [2.45, 2.75) is 26.2 Å². The summed E-state index contributed by atoms with van der Waals surface area (Å²) < 4.78 is 23.0. The first-order chi connectivity index (χ1) is 13.2. The highest BCUT2D eigenvalue weighted by Crippen LogP contribution is 2.24. The van der Waals surface area contributed by atoms with Crippen LogP contribution in [0.15, 0.2) is 42.6 Å². The van der Waals surface area contributed by atoms with Gasteiger partial charge in [0.1, 0.15) is 5.82 Å². The molecule has 1 amide bonds. The SMILES string of the molecule is Cc1cccc(C(C)(C)CNc2ccc(C(=O)N3CCS(=O)(=O)CC3)cn2)c1. The van der Waals surface area contributed by atoms with Crippen LogP contribution in [0, 0.1) is 6.92 Å². The number of nitrogens with one attached hydrogen (secondary N) is 1. The average Bonchev–Trinajstić information content (AvgIpc) is 2.66. The van der Waals surface area contributed by atoms with Gasteiger partial charge in [0.15, 0.2) is 9.84 Å². The number of carbonyl (C=O) groups excluding carboxylic acids is 1. The third-order valence-electron chi connectivity index (χ3n) is 5.15. The highest BCUT2D eigenvalue weighted by atomic mass is 32.2. The van der Waals surface area contributed by atoms with Gasteiger partial charge < -0.3 is 10.2 Å². The standard InChI is InChI=1S/C21H27N3O3S/c1-16-5-4-6-18(13-16)21(2,3)15-23-19-8-7-17(14-22-19)20(25)24-9-11-28(26,27)12-10-24/h4-8,13-14H,9-12,15H2,1-3H3,(H,22,23). The molecule has 0 aliphatic carbocycles. The Bertz CT molecular complexity index is 939. The van der Waals surface area contributed by atoms with Gasteiger partial charge in [0.2, 0.25) is 0 Å². The van der Waals surface area contributed by atoms with Crippen LogP contribution < -0.4 is 5.32 Å². The Kier molecular flexibility index (Phi) is 5.74. The smallest absolute Gasteiger partial charge is 0.255 e. The summed E-state index contributed by atoms with van der Waals surface area (Å²) in [5, 5.41) is 3.34. The van der Waals surface area contributed by atoms with Crippen LogP contribution in [0.2, 0.25) is 0 Å². The van der Waals surface area contributed by atoms with E-state index in [0.717, 1.165) is 0 Å². The molecule has 0 atom stereocenters. The fraction of sp³-hybridized carbons (Fsp3) is 0.429. The first-order valence-corrected chi connectivity index (χ1v) is 11.3. The summed E-state index contributed by atoms with van der Waals surface area (Å²) in [4.78, 5) is 18.5. The Balaban J connectivity index is 1.61. The van der Waals surface area contributed by atoms with Crippen LogP contribution in [0.5, 0.6) is 0 Å². The first-order valence-electron chi connectivity index (χ1n) is 9.43. The number of aryl methyl sites for hydroxylation is 1. The second kappa shape index (κ2) is 7.91. The largest absolute Gasteiger partial charge is 0.369 e. The van der Waals surface area contributed by atoms with Gasteiger partial charge in [-0.3, -0.25) is 4.79 Å². The molecule has 0 radical (unpaired) electrons. The zero-order valence-corrected chi connectivity index (χ0v) is 17.4. The maximum Gasteiger partial charge on any atom is 0.255 e. The molecule has 1 aromatic heterocycles. The second-order valence-corrected chi connectivity index (χ2v) is 10.3. The Hall–Kier alpha value is -2.41. The van der Waals surface area contributed by atoms with E-state index in [0.29, 0.717) is 17.9 Å². The Morgan fingerprint density at radius 2 is 1.89 bits per heavy atom. The number of hydrogen-bond donors (Lipinski definition) is 1. The van der Waals surface area contributed by atoms with Crippen molar-refractivity contribution in [3.05, 3.63) is 59.3 Å². The number of sulfone groups is 1. The van der Waals surface area contributed by atoms with Crippen LogP contribution in [0.4, 0.5) is 5.82 Å². The lowest BCUT2D eigenvalue weighted by Gasteiger charge is -2.27.